The van der Waals surface area contributed by atoms with Crippen LogP contribution in [0.4, 0.5) is 43.4 Å². The molecule has 3 aliphatic rings. The van der Waals surface area contributed by atoms with E-state index in [-0.39, 0.29) is 22.7 Å². The maximum Gasteiger partial charge on any atom is 0.440 e. The summed E-state index contributed by atoms with van der Waals surface area (Å²) in [6.07, 6.45) is 3.02. The lowest BCUT2D eigenvalue weighted by molar-refractivity contribution is -0.316. The van der Waals surface area contributed by atoms with Crippen LogP contribution >= 0.6 is 0 Å². The number of aliphatic imine (C=N–C) groups is 3. The van der Waals surface area contributed by atoms with Crippen molar-refractivity contribution >= 4 is 104 Å². The topological polar surface area (TPSA) is 271 Å². The van der Waals surface area contributed by atoms with E-state index >= 15 is 8.78 Å². The van der Waals surface area contributed by atoms with Crippen molar-refractivity contribution in [2.24, 2.45) is 15.0 Å². The molecule has 0 bridgehead atoms. The summed E-state index contributed by atoms with van der Waals surface area (Å²) >= 11 is 0. The molecule has 0 unspecified atom stereocenters. The highest BCUT2D eigenvalue weighted by Gasteiger charge is 2.79. The lowest BCUT2D eigenvalue weighted by Crippen LogP contribution is -2.58. The maximum absolute atomic E-state index is 15.5. The Kier molecular flexibility index (Phi) is 21.1. The molecule has 3 N–H and O–H groups in total. The lowest BCUT2D eigenvalue weighted by Gasteiger charge is -2.32. The van der Waals surface area contributed by atoms with Gasteiger partial charge in [-0.25, -0.2) is 15.0 Å². The van der Waals surface area contributed by atoms with Gasteiger partial charge in [-0.1, -0.05) is 144 Å². The number of nitrogens with zero attached hydrogens (tertiary/aromatic N) is 9. The van der Waals surface area contributed by atoms with Gasteiger partial charge in [-0.05, 0) is 183 Å². The number of benzene rings is 10. The van der Waals surface area contributed by atoms with Crippen molar-refractivity contribution in [3.63, 3.8) is 0 Å². The molecule has 0 saturated heterocycles. The Hall–Kier alpha value is -11.4. The fourth-order valence-electron chi connectivity index (χ4n) is 13.5. The summed E-state index contributed by atoms with van der Waals surface area (Å²) < 4.78 is 180. The smallest absolute Gasteiger partial charge is 0.324 e. The number of hydrogen-bond acceptors (Lipinski definition) is 13. The minimum Gasteiger partial charge on any atom is -0.324 e. The Morgan fingerprint density at radius 2 is 0.784 bits per heavy atom. The van der Waals surface area contributed by atoms with Gasteiger partial charge in [0.2, 0.25) is 0 Å². The molecule has 568 valence electrons. The Bertz CT molecular complexity index is 6370. The van der Waals surface area contributed by atoms with Crippen molar-refractivity contribution in [1.29, 1.82) is 0 Å². The van der Waals surface area contributed by atoms with Crippen molar-refractivity contribution in [1.82, 2.24) is 28.7 Å². The molecule has 0 radical (unpaired) electrons. The zero-order valence-electron chi connectivity index (χ0n) is 60.7. The van der Waals surface area contributed by atoms with Crippen LogP contribution in [0.2, 0.25) is 0 Å². The Labute approximate surface area is 635 Å². The molecule has 0 amide bonds. The fraction of sp³-hybridized carbons (Fsp3) is 0.193. The molecule has 19 nitrogen and oxygen atoms in total. The van der Waals surface area contributed by atoms with Gasteiger partial charge in [-0.2, -0.15) is 51.6 Å². The van der Waals surface area contributed by atoms with Gasteiger partial charge in [0.1, 0.15) is 17.5 Å². The summed E-state index contributed by atoms with van der Waals surface area (Å²) in [5, 5.41) is -6.52. The summed E-state index contributed by atoms with van der Waals surface area (Å²) in [5.74, 6) is -6.35. The summed E-state index contributed by atoms with van der Waals surface area (Å²) in [6, 6.07) is 59.6. The number of carbonyl (C=O) groups excluding carboxylic acids is 1. The Morgan fingerprint density at radius 1 is 0.423 bits per heavy atom. The van der Waals surface area contributed by atoms with E-state index in [2.05, 4.69) is 84.5 Å². The second-order valence-electron chi connectivity index (χ2n) is 27.6. The van der Waals surface area contributed by atoms with Crippen molar-refractivity contribution in [3.8, 4) is 34.2 Å². The number of fused-ring (bicyclic) bond motifs is 6. The van der Waals surface area contributed by atoms with Crippen LogP contribution in [-0.2, 0) is 62.2 Å². The van der Waals surface area contributed by atoms with Gasteiger partial charge in [-0.3, -0.25) is 42.6 Å². The molecule has 3 aliphatic heterocycles. The third-order valence-electron chi connectivity index (χ3n) is 18.8. The van der Waals surface area contributed by atoms with E-state index in [1.165, 1.54) is 52.6 Å². The average molecular weight is 1560 g/mol. The van der Waals surface area contributed by atoms with Gasteiger partial charge in [0.15, 0.2) is 0 Å². The van der Waals surface area contributed by atoms with Crippen LogP contribution in [0.15, 0.2) is 227 Å². The predicted molar refractivity (Wildman–Crippen MR) is 419 cm³/mol. The number of carbonyl (C=O) groups is 1. The van der Waals surface area contributed by atoms with Crippen LogP contribution in [0.25, 0.3) is 67.3 Å². The zero-order chi connectivity index (χ0) is 79.4. The predicted octanol–water partition coefficient (Wildman–Crippen LogP) is 18.1. The first-order valence-corrected chi connectivity index (χ1v) is 39.6. The highest BCUT2D eigenvalue weighted by atomic mass is 32.2. The third-order valence-corrected chi connectivity index (χ3v) is 20.5. The largest absolute Gasteiger partial charge is 0.440 e. The van der Waals surface area contributed by atoms with Crippen LogP contribution in [0, 0.1) is 41.5 Å². The van der Waals surface area contributed by atoms with Crippen LogP contribution in [0.3, 0.4) is 0 Å². The number of alkyl halides is 6. The Morgan fingerprint density at radius 3 is 1.23 bits per heavy atom. The zero-order valence-corrected chi connectivity index (χ0v) is 63.1. The lowest BCUT2D eigenvalue weighted by atomic mass is 10.0. The van der Waals surface area contributed by atoms with E-state index in [9.17, 15) is 47.6 Å². The van der Waals surface area contributed by atoms with Gasteiger partial charge in [-0.15, -0.1) is 0 Å². The molecule has 0 atom stereocenters. The van der Waals surface area contributed by atoms with Crippen LogP contribution in [-0.4, -0.2) is 114 Å². The second kappa shape index (κ2) is 30.1. The second-order valence-corrected chi connectivity index (χ2v) is 32.1. The minimum absolute atomic E-state index is 0.0894. The fourth-order valence-corrected chi connectivity index (χ4v) is 14.5. The molecule has 0 saturated carbocycles. The SMILES string of the molecule is CS(=O)(=O)O.Cc1ccc2c(c1)CC(c1cccc(-c3nc4cc(C)ccc4n3C(=O)c3ccccc3)c1)=N2.Cc1ccc2c(c1)CC(c1cccc(-c3nc4cc(C)ccc4n3C(F)(F)C(F)(F)C(F)(F)S(=O)(=O)O)c1)=N2.Cc1ccc2c(c1)CC(c1cccc(-c3nc4cc(C)ccc4n3CCCS(=O)(=O)O)c1)=N2. The van der Waals surface area contributed by atoms with Gasteiger partial charge in [0.05, 0.1) is 79.3 Å². The van der Waals surface area contributed by atoms with Crippen molar-refractivity contribution in [2.75, 3.05) is 12.0 Å². The first kappa shape index (κ1) is 77.7. The number of aryl methyl sites for hydroxylation is 7. The molecule has 0 spiro atoms. The third kappa shape index (κ3) is 16.4. The van der Waals surface area contributed by atoms with Crippen molar-refractivity contribution in [2.45, 2.75) is 91.0 Å². The number of hydrogen-bond donors (Lipinski definition) is 3. The van der Waals surface area contributed by atoms with Crippen LogP contribution in [0.1, 0.15) is 83.5 Å². The van der Waals surface area contributed by atoms with Crippen LogP contribution < -0.4 is 0 Å². The molecular formula is C83H71F6N9O10S3. The monoisotopic (exact) mass is 1560 g/mol. The summed E-state index contributed by atoms with van der Waals surface area (Å²) in [5.41, 5.74) is 22.5. The molecule has 6 heterocycles. The van der Waals surface area contributed by atoms with E-state index in [1.54, 1.807) is 17.6 Å². The molecule has 13 aromatic rings. The molecule has 16 rings (SSSR count). The van der Waals surface area contributed by atoms with E-state index in [0.29, 0.717) is 59.6 Å². The Balaban J connectivity index is 0.000000142. The van der Waals surface area contributed by atoms with Gasteiger partial charge < -0.3 is 4.57 Å². The maximum atomic E-state index is 15.5. The molecule has 3 aromatic heterocycles. The van der Waals surface area contributed by atoms with E-state index in [0.717, 1.165) is 114 Å². The normalized spacial score (nSPS) is 13.5. The molecular weight excluding hydrogens is 1490 g/mol. The first-order chi connectivity index (χ1) is 52.4. The van der Waals surface area contributed by atoms with Gasteiger partial charge >= 0.3 is 27.3 Å². The minimum atomic E-state index is -6.93. The number of aromatic nitrogens is 6. The standard InChI is InChI=1S/C30H23N3O.C26H19F6N3O3S.C26H25N3O3S.CH4O3S/c1-19-11-13-25-24(15-19)18-26(31-25)22-9-6-10-23(17-22)29-32-27-16-20(2)12-14-28(27)33(29)30(34)21-7-4-3-5-8-21;1-14-6-8-19-18(10-14)13-20(33-19)16-4-3-5-17(12-16)23-34-21-11-15(2)7-9-22(21)35(23)25(29,30)24(27,28)26(31,32)39(36,37)38;1-17-7-9-22-21(13-17)16-23(27-22)19-5-3-6-20(15-19)26-28-24-14-18(2)8-10-25(24)29(26)11-4-12-33(30,31)32;1-5(2,3)4/h3-17H,18H2,1-2H3;3-12H,13H2,1-2H3,(H,36,37,38);3,5-10,13-15H,4,11-12,16H2,1-2H3,(H,30,31,32);1H3,(H,2,3,4). The summed E-state index contributed by atoms with van der Waals surface area (Å²) in [4.78, 5) is 41.7. The van der Waals surface area contributed by atoms with Crippen LogP contribution in [0.5, 0.6) is 0 Å². The van der Waals surface area contributed by atoms with E-state index in [4.69, 9.17) is 33.6 Å². The highest BCUT2D eigenvalue weighted by molar-refractivity contribution is 7.87. The van der Waals surface area contributed by atoms with Crippen molar-refractivity contribution in [3.05, 3.63) is 285 Å². The van der Waals surface area contributed by atoms with E-state index in [1.807, 2.05) is 135 Å². The van der Waals surface area contributed by atoms with Crippen molar-refractivity contribution < 1.29 is 70.0 Å². The number of rotatable bonds is 15. The molecule has 10 aromatic carbocycles. The van der Waals surface area contributed by atoms with Gasteiger partial charge in [0, 0.05) is 48.1 Å². The molecule has 0 aliphatic carbocycles. The van der Waals surface area contributed by atoms with Gasteiger partial charge in [0.25, 0.3) is 26.1 Å². The summed E-state index contributed by atoms with van der Waals surface area (Å²) in [6.45, 7) is 12.2. The molecule has 111 heavy (non-hydrogen) atoms. The summed E-state index contributed by atoms with van der Waals surface area (Å²) in [7, 11) is -14.6. The molecule has 0 fully saturated rings. The highest BCUT2D eigenvalue weighted by Crippen LogP contribution is 2.53. The first-order valence-electron chi connectivity index (χ1n) is 34.7. The van der Waals surface area contributed by atoms with E-state index < -0.39 is 63.5 Å². The number of imidazole rings is 3. The average Bonchev–Trinajstić information content (AvgIpc) is 1.67. The number of halogens is 6. The quantitative estimate of drug-likeness (QED) is 0.0637. The molecule has 28 heteroatoms.